The Labute approximate surface area is 96.9 Å². The van der Waals surface area contributed by atoms with E-state index in [4.69, 9.17) is 4.74 Å². The highest BCUT2D eigenvalue weighted by Crippen LogP contribution is 1.90. The molecular weight excluding hydrogens is 208 g/mol. The Morgan fingerprint density at radius 2 is 1.94 bits per heavy atom. The highest BCUT2D eigenvalue weighted by Gasteiger charge is 2.11. The molecule has 0 fully saturated rings. The normalized spacial score (nSPS) is 14.0. The minimum absolute atomic E-state index is 0.0419. The standard InChI is InChI=1S/C11H22N2O3/c1-5-8(2)13-10(14)6-7-12-11(15)9(3)16-4/h8-9H,5-7H2,1-4H3,(H,12,15)(H,13,14). The lowest BCUT2D eigenvalue weighted by Crippen LogP contribution is -2.38. The monoisotopic (exact) mass is 230 g/mol. The van der Waals surface area contributed by atoms with Crippen molar-refractivity contribution in [3.8, 4) is 0 Å². The van der Waals surface area contributed by atoms with Gasteiger partial charge in [-0.15, -0.1) is 0 Å². The Morgan fingerprint density at radius 1 is 1.31 bits per heavy atom. The number of amides is 2. The van der Waals surface area contributed by atoms with E-state index in [2.05, 4.69) is 10.6 Å². The molecule has 0 saturated carbocycles. The van der Waals surface area contributed by atoms with Crippen molar-refractivity contribution in [1.29, 1.82) is 0 Å². The molecule has 2 N–H and O–H groups in total. The lowest BCUT2D eigenvalue weighted by molar-refractivity contribution is -0.130. The predicted molar refractivity (Wildman–Crippen MR) is 62.0 cm³/mol. The number of hydrogen-bond acceptors (Lipinski definition) is 3. The molecular formula is C11H22N2O3. The Kier molecular flexibility index (Phi) is 7.54. The van der Waals surface area contributed by atoms with Gasteiger partial charge in [-0.05, 0) is 20.3 Å². The van der Waals surface area contributed by atoms with Crippen LogP contribution in [0, 0.1) is 0 Å². The SMILES string of the molecule is CCC(C)NC(=O)CCNC(=O)C(C)OC. The topological polar surface area (TPSA) is 67.4 Å². The first-order valence-corrected chi connectivity index (χ1v) is 5.61. The van der Waals surface area contributed by atoms with Crippen LogP contribution in [-0.2, 0) is 14.3 Å². The summed E-state index contributed by atoms with van der Waals surface area (Å²) in [5.41, 5.74) is 0. The van der Waals surface area contributed by atoms with Gasteiger partial charge in [-0.1, -0.05) is 6.92 Å². The third-order valence-corrected chi connectivity index (χ3v) is 2.39. The quantitative estimate of drug-likeness (QED) is 0.667. The number of nitrogens with one attached hydrogen (secondary N) is 2. The van der Waals surface area contributed by atoms with Crippen LogP contribution < -0.4 is 10.6 Å². The van der Waals surface area contributed by atoms with Gasteiger partial charge in [-0.25, -0.2) is 0 Å². The van der Waals surface area contributed by atoms with E-state index in [1.54, 1.807) is 6.92 Å². The summed E-state index contributed by atoms with van der Waals surface area (Å²) in [6.07, 6.45) is 0.725. The van der Waals surface area contributed by atoms with Crippen molar-refractivity contribution in [2.45, 2.75) is 45.8 Å². The fourth-order valence-electron chi connectivity index (χ4n) is 0.999. The molecule has 0 rings (SSSR count). The molecule has 0 aromatic carbocycles. The number of rotatable bonds is 7. The largest absolute Gasteiger partial charge is 0.372 e. The van der Waals surface area contributed by atoms with E-state index < -0.39 is 6.10 Å². The van der Waals surface area contributed by atoms with Gasteiger partial charge >= 0.3 is 0 Å². The first kappa shape index (κ1) is 14.9. The number of carbonyl (C=O) groups is 2. The average molecular weight is 230 g/mol. The Hall–Kier alpha value is -1.10. The molecule has 0 spiro atoms. The fraction of sp³-hybridized carbons (Fsp3) is 0.818. The third kappa shape index (κ3) is 6.40. The minimum Gasteiger partial charge on any atom is -0.372 e. The van der Waals surface area contributed by atoms with Gasteiger partial charge in [0.15, 0.2) is 0 Å². The second kappa shape index (κ2) is 8.10. The zero-order valence-electron chi connectivity index (χ0n) is 10.5. The average Bonchev–Trinajstić information content (AvgIpc) is 2.27. The van der Waals surface area contributed by atoms with E-state index in [9.17, 15) is 9.59 Å². The molecule has 0 aliphatic rings. The molecule has 2 unspecified atom stereocenters. The van der Waals surface area contributed by atoms with Crippen LogP contribution in [0.15, 0.2) is 0 Å². The molecule has 0 saturated heterocycles. The molecule has 0 aromatic heterocycles. The molecule has 94 valence electrons. The number of methoxy groups -OCH3 is 1. The molecule has 5 nitrogen and oxygen atoms in total. The Morgan fingerprint density at radius 3 is 2.44 bits per heavy atom. The van der Waals surface area contributed by atoms with E-state index in [1.807, 2.05) is 13.8 Å². The van der Waals surface area contributed by atoms with Gasteiger partial charge in [-0.2, -0.15) is 0 Å². The summed E-state index contributed by atoms with van der Waals surface area (Å²) < 4.78 is 4.84. The van der Waals surface area contributed by atoms with Gasteiger partial charge in [0.2, 0.25) is 11.8 Å². The first-order chi connectivity index (χ1) is 7.51. The van der Waals surface area contributed by atoms with Gasteiger partial charge in [0.1, 0.15) is 6.10 Å². The number of hydrogen-bond donors (Lipinski definition) is 2. The summed E-state index contributed by atoms with van der Waals surface area (Å²) in [7, 11) is 1.47. The van der Waals surface area contributed by atoms with Crippen LogP contribution in [0.3, 0.4) is 0 Å². The van der Waals surface area contributed by atoms with Crippen molar-refractivity contribution in [3.05, 3.63) is 0 Å². The smallest absolute Gasteiger partial charge is 0.248 e. The summed E-state index contributed by atoms with van der Waals surface area (Å²) in [5, 5.41) is 5.46. The second-order valence-corrected chi connectivity index (χ2v) is 3.80. The zero-order valence-corrected chi connectivity index (χ0v) is 10.5. The molecule has 0 aliphatic heterocycles. The predicted octanol–water partition coefficient (Wildman–Crippen LogP) is 0.442. The number of carbonyl (C=O) groups excluding carboxylic acids is 2. The van der Waals surface area contributed by atoms with Gasteiger partial charge < -0.3 is 15.4 Å². The van der Waals surface area contributed by atoms with Gasteiger partial charge in [0, 0.05) is 26.1 Å². The van der Waals surface area contributed by atoms with E-state index in [-0.39, 0.29) is 17.9 Å². The van der Waals surface area contributed by atoms with E-state index in [0.29, 0.717) is 13.0 Å². The summed E-state index contributed by atoms with van der Waals surface area (Å²) in [6.45, 7) is 5.96. The molecule has 0 aromatic rings. The molecule has 0 radical (unpaired) electrons. The van der Waals surface area contributed by atoms with Crippen LogP contribution in [0.25, 0.3) is 0 Å². The van der Waals surface area contributed by atoms with Crippen LogP contribution in [0.1, 0.15) is 33.6 Å². The van der Waals surface area contributed by atoms with Gasteiger partial charge in [0.25, 0.3) is 0 Å². The van der Waals surface area contributed by atoms with Gasteiger partial charge in [0.05, 0.1) is 0 Å². The first-order valence-electron chi connectivity index (χ1n) is 5.61. The molecule has 2 amide bonds. The van der Waals surface area contributed by atoms with Crippen molar-refractivity contribution in [2.24, 2.45) is 0 Å². The third-order valence-electron chi connectivity index (χ3n) is 2.39. The summed E-state index contributed by atoms with van der Waals surface area (Å²) in [4.78, 5) is 22.6. The van der Waals surface area contributed by atoms with Crippen LogP contribution in [0.5, 0.6) is 0 Å². The van der Waals surface area contributed by atoms with Crippen molar-refractivity contribution < 1.29 is 14.3 Å². The van der Waals surface area contributed by atoms with Crippen LogP contribution in [-0.4, -0.2) is 37.6 Å². The summed E-state index contributed by atoms with van der Waals surface area (Å²) >= 11 is 0. The molecule has 5 heteroatoms. The lowest BCUT2D eigenvalue weighted by atomic mass is 10.2. The summed E-state index contributed by atoms with van der Waals surface area (Å²) in [6, 6.07) is 0.182. The van der Waals surface area contributed by atoms with Crippen LogP contribution >= 0.6 is 0 Å². The van der Waals surface area contributed by atoms with E-state index in [0.717, 1.165) is 6.42 Å². The highest BCUT2D eigenvalue weighted by atomic mass is 16.5. The van der Waals surface area contributed by atoms with E-state index >= 15 is 0 Å². The van der Waals surface area contributed by atoms with Crippen LogP contribution in [0.4, 0.5) is 0 Å². The highest BCUT2D eigenvalue weighted by molar-refractivity contribution is 5.81. The van der Waals surface area contributed by atoms with Crippen molar-refractivity contribution in [1.82, 2.24) is 10.6 Å². The molecule has 0 bridgehead atoms. The van der Waals surface area contributed by atoms with Crippen molar-refractivity contribution in [2.75, 3.05) is 13.7 Å². The van der Waals surface area contributed by atoms with Crippen LogP contribution in [0.2, 0.25) is 0 Å². The summed E-state index contributed by atoms with van der Waals surface area (Å²) in [5.74, 6) is -0.237. The van der Waals surface area contributed by atoms with E-state index in [1.165, 1.54) is 7.11 Å². The van der Waals surface area contributed by atoms with Crippen molar-refractivity contribution in [3.63, 3.8) is 0 Å². The Bertz CT molecular complexity index is 231. The molecule has 2 atom stereocenters. The molecule has 0 heterocycles. The second-order valence-electron chi connectivity index (χ2n) is 3.80. The fourth-order valence-corrected chi connectivity index (χ4v) is 0.999. The Balaban J connectivity index is 3.66. The molecule has 16 heavy (non-hydrogen) atoms. The van der Waals surface area contributed by atoms with Crippen molar-refractivity contribution >= 4 is 11.8 Å². The minimum atomic E-state index is -0.474. The maximum Gasteiger partial charge on any atom is 0.248 e. The van der Waals surface area contributed by atoms with Gasteiger partial charge in [-0.3, -0.25) is 9.59 Å². The zero-order chi connectivity index (χ0) is 12.6. The maximum absolute atomic E-state index is 11.3. The number of ether oxygens (including phenoxy) is 1. The maximum atomic E-state index is 11.3. The lowest BCUT2D eigenvalue weighted by Gasteiger charge is -2.12. The molecule has 0 aliphatic carbocycles.